The minimum Gasteiger partial charge on any atom is -0.268 e. The first-order valence-electron chi connectivity index (χ1n) is 3.01. The third-order valence-corrected chi connectivity index (χ3v) is 1.84. The minimum atomic E-state index is -0.0687. The van der Waals surface area contributed by atoms with Gasteiger partial charge in [0.05, 0.1) is 0 Å². The molecule has 1 rings (SSSR count). The normalized spacial score (nSPS) is 9.90. The molecule has 1 aromatic heterocycles. The van der Waals surface area contributed by atoms with Crippen molar-refractivity contribution in [3.63, 3.8) is 0 Å². The summed E-state index contributed by atoms with van der Waals surface area (Å²) in [6.45, 7) is 3.74. The van der Waals surface area contributed by atoms with Gasteiger partial charge in [-0.05, 0) is 25.5 Å². The molecule has 0 saturated carbocycles. The molecule has 2 nitrogen and oxygen atoms in total. The molecule has 1 heterocycles. The average Bonchev–Trinajstić information content (AvgIpc) is 1.82. The molecule has 0 aromatic carbocycles. The summed E-state index contributed by atoms with van der Waals surface area (Å²) in [4.78, 5) is 10.9. The summed E-state index contributed by atoms with van der Waals surface area (Å²) in [5.41, 5.74) is 1.78. The maximum absolute atomic E-state index is 10.9. The molecule has 0 fully saturated rings. The van der Waals surface area contributed by atoms with Gasteiger partial charge < -0.3 is 0 Å². The molecular weight excluding hydrogens is 146 g/mol. The second kappa shape index (κ2) is 2.50. The molecule has 54 valence electrons. The number of thiol groups is 1. The van der Waals surface area contributed by atoms with Crippen molar-refractivity contribution in [3.8, 4) is 0 Å². The lowest BCUT2D eigenvalue weighted by molar-refractivity contribution is 1.06. The van der Waals surface area contributed by atoms with Crippen molar-refractivity contribution in [1.82, 2.24) is 3.97 Å². The molecule has 0 aliphatic heterocycles. The lowest BCUT2D eigenvalue weighted by Crippen LogP contribution is -2.13. The average molecular weight is 155 g/mol. The van der Waals surface area contributed by atoms with E-state index >= 15 is 0 Å². The number of hydrogen-bond donors (Lipinski definition) is 1. The fourth-order valence-electron chi connectivity index (χ4n) is 0.862. The number of rotatable bonds is 0. The van der Waals surface area contributed by atoms with E-state index < -0.39 is 0 Å². The Bertz CT molecular complexity index is 303. The Balaban J connectivity index is 3.46. The quantitative estimate of drug-likeness (QED) is 0.558. The number of nitrogens with zero attached hydrogens (tertiary/aromatic N) is 1. The summed E-state index contributed by atoms with van der Waals surface area (Å²) >= 11 is 3.96. The van der Waals surface area contributed by atoms with Crippen LogP contribution >= 0.6 is 12.8 Å². The molecule has 0 aliphatic rings. The number of pyridine rings is 1. The van der Waals surface area contributed by atoms with Crippen LogP contribution in [0.2, 0.25) is 0 Å². The Hall–Kier alpha value is -0.700. The zero-order valence-electron chi connectivity index (χ0n) is 5.96. The second-order valence-electron chi connectivity index (χ2n) is 2.32. The van der Waals surface area contributed by atoms with Gasteiger partial charge in [-0.25, -0.2) is 0 Å². The lowest BCUT2D eigenvalue weighted by Gasteiger charge is -2.00. The Morgan fingerprint density at radius 2 is 2.00 bits per heavy atom. The highest BCUT2D eigenvalue weighted by molar-refractivity contribution is 7.78. The molecule has 3 heteroatoms. The van der Waals surface area contributed by atoms with Crippen molar-refractivity contribution >= 4 is 12.8 Å². The van der Waals surface area contributed by atoms with Crippen LogP contribution in [0.25, 0.3) is 0 Å². The van der Waals surface area contributed by atoms with E-state index in [1.807, 2.05) is 19.9 Å². The molecule has 0 bridgehead atoms. The highest BCUT2D eigenvalue weighted by Crippen LogP contribution is 1.98. The van der Waals surface area contributed by atoms with Gasteiger partial charge in [0.2, 0.25) is 0 Å². The number of aromatic nitrogens is 1. The van der Waals surface area contributed by atoms with E-state index in [1.54, 1.807) is 6.07 Å². The first kappa shape index (κ1) is 7.41. The second-order valence-corrected chi connectivity index (χ2v) is 2.72. The van der Waals surface area contributed by atoms with Crippen molar-refractivity contribution in [1.29, 1.82) is 0 Å². The molecule has 0 amide bonds. The van der Waals surface area contributed by atoms with Crippen molar-refractivity contribution in [3.05, 3.63) is 33.7 Å². The summed E-state index contributed by atoms with van der Waals surface area (Å²) in [5.74, 6) is 0. The van der Waals surface area contributed by atoms with Gasteiger partial charge in [-0.15, -0.1) is 0 Å². The van der Waals surface area contributed by atoms with Crippen LogP contribution in [0.15, 0.2) is 16.9 Å². The summed E-state index contributed by atoms with van der Waals surface area (Å²) in [6.07, 6.45) is 0. The van der Waals surface area contributed by atoms with Crippen LogP contribution in [-0.2, 0) is 0 Å². The van der Waals surface area contributed by atoms with Crippen molar-refractivity contribution < 1.29 is 0 Å². The summed E-state index contributed by atoms with van der Waals surface area (Å²) in [6, 6.07) is 3.47. The first-order valence-corrected chi connectivity index (χ1v) is 3.41. The van der Waals surface area contributed by atoms with Gasteiger partial charge in [0.15, 0.2) is 0 Å². The predicted octanol–water partition coefficient (Wildman–Crippen LogP) is 1.16. The van der Waals surface area contributed by atoms with E-state index in [-0.39, 0.29) is 5.56 Å². The number of hydrogen-bond acceptors (Lipinski definition) is 2. The molecule has 0 aliphatic carbocycles. The molecule has 0 atom stereocenters. The van der Waals surface area contributed by atoms with Crippen molar-refractivity contribution in [2.45, 2.75) is 13.8 Å². The molecular formula is C7H9NOS. The molecule has 10 heavy (non-hydrogen) atoms. The van der Waals surface area contributed by atoms with Crippen molar-refractivity contribution in [2.24, 2.45) is 0 Å². The predicted molar refractivity (Wildman–Crippen MR) is 44.6 cm³/mol. The van der Waals surface area contributed by atoms with Gasteiger partial charge in [-0.2, -0.15) is 0 Å². The highest BCUT2D eigenvalue weighted by Gasteiger charge is 1.94. The molecule has 0 spiro atoms. The first-order chi connectivity index (χ1) is 4.61. The largest absolute Gasteiger partial charge is 0.268 e. The van der Waals surface area contributed by atoms with E-state index in [9.17, 15) is 4.79 Å². The topological polar surface area (TPSA) is 22.0 Å². The van der Waals surface area contributed by atoms with Crippen LogP contribution in [-0.4, -0.2) is 3.97 Å². The molecule has 0 N–H and O–H groups in total. The fourth-order valence-corrected chi connectivity index (χ4v) is 0.977. The van der Waals surface area contributed by atoms with Gasteiger partial charge in [0.25, 0.3) is 5.56 Å². The molecule has 0 unspecified atom stereocenters. The van der Waals surface area contributed by atoms with E-state index in [2.05, 4.69) is 12.8 Å². The Morgan fingerprint density at radius 3 is 2.50 bits per heavy atom. The molecule has 1 aromatic rings. The van der Waals surface area contributed by atoms with E-state index in [4.69, 9.17) is 0 Å². The van der Waals surface area contributed by atoms with Crippen LogP contribution in [0.4, 0.5) is 0 Å². The van der Waals surface area contributed by atoms with Crippen LogP contribution in [0.3, 0.4) is 0 Å². The Labute approximate surface area is 65.0 Å². The lowest BCUT2D eigenvalue weighted by atomic mass is 10.2. The van der Waals surface area contributed by atoms with Gasteiger partial charge in [0, 0.05) is 11.8 Å². The van der Waals surface area contributed by atoms with Crippen LogP contribution in [0, 0.1) is 13.8 Å². The third kappa shape index (κ3) is 1.24. The standard InChI is InChI=1S/C7H9NOS/c1-5-3-6(2)8(10)7(9)4-5/h3-4,10H,1-2H3. The SMILES string of the molecule is Cc1cc(C)n(S)c(=O)c1. The summed E-state index contributed by atoms with van der Waals surface area (Å²) in [5, 5.41) is 0. The third-order valence-electron chi connectivity index (χ3n) is 1.33. The van der Waals surface area contributed by atoms with Crippen LogP contribution < -0.4 is 5.56 Å². The number of aryl methyl sites for hydroxylation is 2. The van der Waals surface area contributed by atoms with Crippen LogP contribution in [0.1, 0.15) is 11.3 Å². The Kier molecular flexibility index (Phi) is 1.85. The van der Waals surface area contributed by atoms with Gasteiger partial charge in [-0.1, -0.05) is 12.8 Å². The zero-order chi connectivity index (χ0) is 7.72. The monoisotopic (exact) mass is 155 g/mol. The summed E-state index contributed by atoms with van der Waals surface area (Å²) in [7, 11) is 0. The van der Waals surface area contributed by atoms with Crippen LogP contribution in [0.5, 0.6) is 0 Å². The van der Waals surface area contributed by atoms with Crippen molar-refractivity contribution in [2.75, 3.05) is 0 Å². The van der Waals surface area contributed by atoms with Gasteiger partial charge >= 0.3 is 0 Å². The smallest absolute Gasteiger partial charge is 0.260 e. The van der Waals surface area contributed by atoms with E-state index in [1.165, 1.54) is 3.97 Å². The maximum atomic E-state index is 10.9. The molecule has 0 saturated heterocycles. The maximum Gasteiger partial charge on any atom is 0.260 e. The van der Waals surface area contributed by atoms with E-state index in [0.717, 1.165) is 11.3 Å². The minimum absolute atomic E-state index is 0.0687. The van der Waals surface area contributed by atoms with Gasteiger partial charge in [-0.3, -0.25) is 8.77 Å². The van der Waals surface area contributed by atoms with Gasteiger partial charge in [0.1, 0.15) is 0 Å². The van der Waals surface area contributed by atoms with E-state index in [0.29, 0.717) is 0 Å². The Morgan fingerprint density at radius 1 is 1.40 bits per heavy atom. The summed E-state index contributed by atoms with van der Waals surface area (Å²) < 4.78 is 1.33. The fraction of sp³-hybridized carbons (Fsp3) is 0.286. The highest BCUT2D eigenvalue weighted by atomic mass is 32.1. The molecule has 0 radical (unpaired) electrons. The zero-order valence-corrected chi connectivity index (χ0v) is 6.85.